The van der Waals surface area contributed by atoms with Gasteiger partial charge in [0.15, 0.2) is 0 Å². The molecule has 4 heteroatoms. The minimum absolute atomic E-state index is 0.136. The second kappa shape index (κ2) is 6.80. The van der Waals surface area contributed by atoms with Crippen LogP contribution in [0.1, 0.15) is 13.8 Å². The summed E-state index contributed by atoms with van der Waals surface area (Å²) in [4.78, 5) is 15.1. The Balaban J connectivity index is 4.01. The number of carbonyl (C=O) groups excluding carboxylic acids is 1. The van der Waals surface area contributed by atoms with E-state index in [-0.39, 0.29) is 5.91 Å². The van der Waals surface area contributed by atoms with Gasteiger partial charge in [0.25, 0.3) is 0 Å². The van der Waals surface area contributed by atoms with Gasteiger partial charge < -0.3 is 10.6 Å². The molecule has 0 fully saturated rings. The molecule has 1 unspecified atom stereocenters. The first kappa shape index (κ1) is 14.4. The van der Waals surface area contributed by atoms with Crippen LogP contribution in [0.2, 0.25) is 0 Å². The standard InChI is InChI=1S/C11H25N3O/c1-9(2)10(6-12)7-14(5)8-11(15)13(3)4/h9-10H,6-8,12H2,1-5H3. The molecule has 0 aliphatic rings. The van der Waals surface area contributed by atoms with Gasteiger partial charge in [0, 0.05) is 20.6 Å². The van der Waals surface area contributed by atoms with Gasteiger partial charge in [-0.05, 0) is 25.4 Å². The van der Waals surface area contributed by atoms with Crippen molar-refractivity contribution in [3.63, 3.8) is 0 Å². The van der Waals surface area contributed by atoms with Crippen molar-refractivity contribution in [1.29, 1.82) is 0 Å². The van der Waals surface area contributed by atoms with Crippen LogP contribution in [0.5, 0.6) is 0 Å². The average molecular weight is 215 g/mol. The van der Waals surface area contributed by atoms with Crippen LogP contribution in [0.25, 0.3) is 0 Å². The lowest BCUT2D eigenvalue weighted by Gasteiger charge is -2.26. The Morgan fingerprint density at radius 3 is 2.13 bits per heavy atom. The van der Waals surface area contributed by atoms with Crippen LogP contribution in [0.15, 0.2) is 0 Å². The van der Waals surface area contributed by atoms with Crippen LogP contribution in [-0.4, -0.2) is 56.5 Å². The van der Waals surface area contributed by atoms with Crippen molar-refractivity contribution in [2.24, 2.45) is 17.6 Å². The van der Waals surface area contributed by atoms with Crippen molar-refractivity contribution >= 4 is 5.91 Å². The van der Waals surface area contributed by atoms with Crippen molar-refractivity contribution in [3.8, 4) is 0 Å². The summed E-state index contributed by atoms with van der Waals surface area (Å²) in [6, 6.07) is 0. The van der Waals surface area contributed by atoms with Crippen LogP contribution in [0, 0.1) is 11.8 Å². The summed E-state index contributed by atoms with van der Waals surface area (Å²) >= 11 is 0. The summed E-state index contributed by atoms with van der Waals surface area (Å²) in [5, 5.41) is 0. The number of carbonyl (C=O) groups is 1. The quantitative estimate of drug-likeness (QED) is 0.690. The van der Waals surface area contributed by atoms with E-state index in [9.17, 15) is 4.79 Å². The summed E-state index contributed by atoms with van der Waals surface area (Å²) in [6.45, 7) is 6.36. The summed E-state index contributed by atoms with van der Waals surface area (Å²) < 4.78 is 0. The molecule has 0 aromatic heterocycles. The molecule has 0 heterocycles. The second-order valence-corrected chi connectivity index (χ2v) is 4.72. The van der Waals surface area contributed by atoms with Gasteiger partial charge in [0.05, 0.1) is 6.54 Å². The molecule has 0 aliphatic carbocycles. The molecule has 0 spiro atoms. The third-order valence-electron chi connectivity index (χ3n) is 2.70. The number of nitrogens with two attached hydrogens (primary N) is 1. The normalized spacial score (nSPS) is 13.3. The zero-order valence-electron chi connectivity index (χ0n) is 10.7. The van der Waals surface area contributed by atoms with Crippen LogP contribution < -0.4 is 5.73 Å². The van der Waals surface area contributed by atoms with Crippen molar-refractivity contribution in [1.82, 2.24) is 9.80 Å². The molecule has 1 amide bonds. The van der Waals surface area contributed by atoms with Crippen LogP contribution in [0.3, 0.4) is 0 Å². The van der Waals surface area contributed by atoms with Crippen LogP contribution in [0.4, 0.5) is 0 Å². The maximum absolute atomic E-state index is 11.4. The Morgan fingerprint density at radius 1 is 1.27 bits per heavy atom. The predicted octanol–water partition coefficient (Wildman–Crippen LogP) is 0.237. The summed E-state index contributed by atoms with van der Waals surface area (Å²) in [6.07, 6.45) is 0. The van der Waals surface area contributed by atoms with E-state index in [0.29, 0.717) is 24.9 Å². The Kier molecular flexibility index (Phi) is 6.52. The summed E-state index contributed by atoms with van der Waals surface area (Å²) in [7, 11) is 5.52. The Hall–Kier alpha value is -0.610. The number of hydrogen-bond acceptors (Lipinski definition) is 3. The summed E-state index contributed by atoms with van der Waals surface area (Å²) in [5.74, 6) is 1.16. The van der Waals surface area contributed by atoms with Crippen molar-refractivity contribution in [2.45, 2.75) is 13.8 Å². The maximum Gasteiger partial charge on any atom is 0.236 e. The van der Waals surface area contributed by atoms with E-state index in [2.05, 4.69) is 13.8 Å². The smallest absolute Gasteiger partial charge is 0.236 e. The molecule has 0 aromatic carbocycles. The summed E-state index contributed by atoms with van der Waals surface area (Å²) in [5.41, 5.74) is 5.69. The Labute approximate surface area is 93.4 Å². The highest BCUT2D eigenvalue weighted by Crippen LogP contribution is 2.10. The van der Waals surface area contributed by atoms with Gasteiger partial charge in [-0.1, -0.05) is 13.8 Å². The number of rotatable bonds is 6. The highest BCUT2D eigenvalue weighted by Gasteiger charge is 2.16. The zero-order valence-corrected chi connectivity index (χ0v) is 10.7. The van der Waals surface area contributed by atoms with E-state index in [1.54, 1.807) is 19.0 Å². The molecule has 0 aromatic rings. The molecule has 2 N–H and O–H groups in total. The van der Waals surface area contributed by atoms with Gasteiger partial charge in [0.1, 0.15) is 0 Å². The third kappa shape index (κ3) is 5.74. The van der Waals surface area contributed by atoms with Crippen molar-refractivity contribution < 1.29 is 4.79 Å². The number of hydrogen-bond donors (Lipinski definition) is 1. The van der Waals surface area contributed by atoms with E-state index >= 15 is 0 Å². The Bertz CT molecular complexity index is 192. The van der Waals surface area contributed by atoms with Gasteiger partial charge in [-0.2, -0.15) is 0 Å². The third-order valence-corrected chi connectivity index (χ3v) is 2.70. The highest BCUT2D eigenvalue weighted by atomic mass is 16.2. The van der Waals surface area contributed by atoms with E-state index in [0.717, 1.165) is 6.54 Å². The zero-order chi connectivity index (χ0) is 12.0. The molecule has 90 valence electrons. The molecule has 4 nitrogen and oxygen atoms in total. The number of amides is 1. The molecule has 15 heavy (non-hydrogen) atoms. The monoisotopic (exact) mass is 215 g/mol. The van der Waals surface area contributed by atoms with E-state index in [1.807, 2.05) is 11.9 Å². The largest absolute Gasteiger partial charge is 0.348 e. The number of likely N-dealkylation sites (N-methyl/N-ethyl adjacent to an activating group) is 2. The minimum Gasteiger partial charge on any atom is -0.348 e. The first-order valence-corrected chi connectivity index (χ1v) is 5.47. The van der Waals surface area contributed by atoms with Crippen LogP contribution >= 0.6 is 0 Å². The lowest BCUT2D eigenvalue weighted by atomic mass is 9.95. The topological polar surface area (TPSA) is 49.6 Å². The molecule has 0 saturated heterocycles. The molecule has 0 rings (SSSR count). The van der Waals surface area contributed by atoms with Gasteiger partial charge >= 0.3 is 0 Å². The van der Waals surface area contributed by atoms with Gasteiger partial charge in [-0.25, -0.2) is 0 Å². The average Bonchev–Trinajstić information content (AvgIpc) is 2.13. The molecule has 1 atom stereocenters. The van der Waals surface area contributed by atoms with E-state index in [1.165, 1.54) is 0 Å². The van der Waals surface area contributed by atoms with Crippen molar-refractivity contribution in [3.05, 3.63) is 0 Å². The predicted molar refractivity (Wildman–Crippen MR) is 63.6 cm³/mol. The molecular formula is C11H25N3O. The lowest BCUT2D eigenvalue weighted by Crippen LogP contribution is -2.39. The molecule has 0 aliphatic heterocycles. The van der Waals surface area contributed by atoms with E-state index < -0.39 is 0 Å². The fourth-order valence-electron chi connectivity index (χ4n) is 1.39. The maximum atomic E-state index is 11.4. The lowest BCUT2D eigenvalue weighted by molar-refractivity contribution is -0.129. The first-order chi connectivity index (χ1) is 6.88. The molecule has 0 radical (unpaired) electrons. The van der Waals surface area contributed by atoms with E-state index in [4.69, 9.17) is 5.73 Å². The fraction of sp³-hybridized carbons (Fsp3) is 0.909. The molecule has 0 bridgehead atoms. The minimum atomic E-state index is 0.136. The SMILES string of the molecule is CC(C)C(CN)CN(C)CC(=O)N(C)C. The highest BCUT2D eigenvalue weighted by molar-refractivity contribution is 5.77. The molecule has 0 saturated carbocycles. The van der Waals surface area contributed by atoms with Gasteiger partial charge in [-0.3, -0.25) is 9.69 Å². The Morgan fingerprint density at radius 2 is 1.80 bits per heavy atom. The van der Waals surface area contributed by atoms with Crippen LogP contribution in [-0.2, 0) is 4.79 Å². The van der Waals surface area contributed by atoms with Gasteiger partial charge in [-0.15, -0.1) is 0 Å². The second-order valence-electron chi connectivity index (χ2n) is 4.72. The molecular weight excluding hydrogens is 190 g/mol. The number of nitrogens with zero attached hydrogens (tertiary/aromatic N) is 2. The first-order valence-electron chi connectivity index (χ1n) is 5.47. The fourth-order valence-corrected chi connectivity index (χ4v) is 1.39. The van der Waals surface area contributed by atoms with Crippen molar-refractivity contribution in [2.75, 3.05) is 40.8 Å². The van der Waals surface area contributed by atoms with Gasteiger partial charge in [0.2, 0.25) is 5.91 Å².